The minimum Gasteiger partial charge on any atom is -0.304 e. The van der Waals surface area contributed by atoms with Gasteiger partial charge in [0.15, 0.2) is 5.44 Å². The number of aromatic nitrogens is 2. The molecule has 0 aliphatic heterocycles. The molecule has 0 unspecified atom stereocenters. The number of hydrogen-bond acceptors (Lipinski definition) is 4. The topological polar surface area (TPSA) is 53.4 Å². The SMILES string of the molecule is CCOP(=O)(OCC)c1c2cc(Cl)ccc2nn1-c1ccccc1. The third-order valence-electron chi connectivity index (χ3n) is 3.47. The molecule has 7 heteroatoms. The third kappa shape index (κ3) is 3.13. The number of rotatable bonds is 6. The number of halogens is 1. The Hall–Kier alpha value is -1.65. The van der Waals surface area contributed by atoms with Gasteiger partial charge in [-0.15, -0.1) is 0 Å². The lowest BCUT2D eigenvalue weighted by Crippen LogP contribution is -2.20. The summed E-state index contributed by atoms with van der Waals surface area (Å²) in [6.07, 6.45) is 0. The maximum absolute atomic E-state index is 13.4. The van der Waals surface area contributed by atoms with Crippen LogP contribution in [0.1, 0.15) is 13.8 Å². The normalized spacial score (nSPS) is 12.0. The van der Waals surface area contributed by atoms with E-state index in [1.807, 2.05) is 30.3 Å². The summed E-state index contributed by atoms with van der Waals surface area (Å²) in [6.45, 7) is 4.09. The molecule has 5 nitrogen and oxygen atoms in total. The molecule has 1 heterocycles. The third-order valence-corrected chi connectivity index (χ3v) is 5.85. The first kappa shape index (κ1) is 17.2. The van der Waals surface area contributed by atoms with Gasteiger partial charge in [-0.25, -0.2) is 4.68 Å². The highest BCUT2D eigenvalue weighted by molar-refractivity contribution is 7.62. The average molecular weight is 365 g/mol. The van der Waals surface area contributed by atoms with Crippen molar-refractivity contribution in [2.75, 3.05) is 13.2 Å². The Morgan fingerprint density at radius 1 is 1.08 bits per heavy atom. The number of nitrogens with zero attached hydrogens (tertiary/aromatic N) is 2. The van der Waals surface area contributed by atoms with E-state index >= 15 is 0 Å². The van der Waals surface area contributed by atoms with Crippen molar-refractivity contribution in [1.82, 2.24) is 9.78 Å². The lowest BCUT2D eigenvalue weighted by molar-refractivity contribution is 0.229. The highest BCUT2D eigenvalue weighted by Crippen LogP contribution is 2.49. The van der Waals surface area contributed by atoms with Crippen LogP contribution in [0.3, 0.4) is 0 Å². The summed E-state index contributed by atoms with van der Waals surface area (Å²) in [4.78, 5) is 0. The van der Waals surface area contributed by atoms with Crippen LogP contribution in [0.15, 0.2) is 48.5 Å². The molecule has 0 aliphatic carbocycles. The Balaban J connectivity index is 2.34. The first-order valence-electron chi connectivity index (χ1n) is 7.72. The van der Waals surface area contributed by atoms with Crippen LogP contribution in [0.5, 0.6) is 0 Å². The summed E-state index contributed by atoms with van der Waals surface area (Å²) in [5, 5.41) is 5.78. The van der Waals surface area contributed by atoms with Crippen molar-refractivity contribution in [2.45, 2.75) is 13.8 Å². The van der Waals surface area contributed by atoms with Gasteiger partial charge in [0.05, 0.1) is 24.4 Å². The van der Waals surface area contributed by atoms with Gasteiger partial charge in [-0.05, 0) is 44.2 Å². The highest BCUT2D eigenvalue weighted by atomic mass is 35.5. The average Bonchev–Trinajstić information content (AvgIpc) is 2.95. The van der Waals surface area contributed by atoms with Crippen LogP contribution in [0, 0.1) is 0 Å². The fourth-order valence-corrected chi connectivity index (χ4v) is 4.59. The van der Waals surface area contributed by atoms with E-state index in [1.54, 1.807) is 36.7 Å². The van der Waals surface area contributed by atoms with E-state index in [-0.39, 0.29) is 13.2 Å². The van der Waals surface area contributed by atoms with Gasteiger partial charge in [0, 0.05) is 10.4 Å². The predicted molar refractivity (Wildman–Crippen MR) is 96.6 cm³/mol. The molecule has 126 valence electrons. The molecule has 3 aromatic rings. The molecule has 2 aromatic carbocycles. The molecule has 0 saturated carbocycles. The Morgan fingerprint density at radius 3 is 2.38 bits per heavy atom. The van der Waals surface area contributed by atoms with Crippen molar-refractivity contribution >= 4 is 35.5 Å². The maximum Gasteiger partial charge on any atom is 0.380 e. The lowest BCUT2D eigenvalue weighted by atomic mass is 10.2. The quantitative estimate of drug-likeness (QED) is 0.601. The minimum atomic E-state index is -3.55. The first-order chi connectivity index (χ1) is 11.6. The zero-order valence-electron chi connectivity index (χ0n) is 13.5. The summed E-state index contributed by atoms with van der Waals surface area (Å²) in [5.74, 6) is 0. The summed E-state index contributed by atoms with van der Waals surface area (Å²) >= 11 is 6.14. The fourth-order valence-electron chi connectivity index (χ4n) is 2.56. The Morgan fingerprint density at radius 2 is 1.75 bits per heavy atom. The van der Waals surface area contributed by atoms with Crippen molar-refractivity contribution < 1.29 is 13.6 Å². The highest BCUT2D eigenvalue weighted by Gasteiger charge is 2.34. The summed E-state index contributed by atoms with van der Waals surface area (Å²) in [5.41, 5.74) is 1.85. The van der Waals surface area contributed by atoms with Crippen molar-refractivity contribution in [1.29, 1.82) is 0 Å². The Kier molecular flexibility index (Phi) is 5.07. The molecule has 0 N–H and O–H groups in total. The standard InChI is InChI=1S/C17H18ClN2O3P/c1-3-22-24(21,23-4-2)17-15-12-13(18)10-11-16(15)19-20(17)14-8-6-5-7-9-14/h5-12H,3-4H2,1-2H3. The van der Waals surface area contributed by atoms with Crippen LogP contribution in [-0.4, -0.2) is 23.0 Å². The molecule has 3 rings (SSSR count). The van der Waals surface area contributed by atoms with E-state index in [0.29, 0.717) is 21.4 Å². The maximum atomic E-state index is 13.4. The van der Waals surface area contributed by atoms with Crippen molar-refractivity contribution in [2.24, 2.45) is 0 Å². The number of benzene rings is 2. The molecule has 0 saturated heterocycles. The van der Waals surface area contributed by atoms with Crippen molar-refractivity contribution in [3.8, 4) is 5.69 Å². The number of fused-ring (bicyclic) bond motifs is 1. The second-order valence-corrected chi connectivity index (χ2v) is 7.44. The van der Waals surface area contributed by atoms with Crippen molar-refractivity contribution in [3.63, 3.8) is 0 Å². The summed E-state index contributed by atoms with van der Waals surface area (Å²) in [7, 11) is -3.55. The fraction of sp³-hybridized carbons (Fsp3) is 0.235. The molecule has 0 fully saturated rings. The van der Waals surface area contributed by atoms with E-state index in [1.165, 1.54) is 0 Å². The van der Waals surface area contributed by atoms with E-state index in [0.717, 1.165) is 5.69 Å². The monoisotopic (exact) mass is 364 g/mol. The molecule has 0 bridgehead atoms. The van der Waals surface area contributed by atoms with Gasteiger partial charge in [-0.3, -0.25) is 4.57 Å². The second kappa shape index (κ2) is 7.08. The van der Waals surface area contributed by atoms with Gasteiger partial charge in [-0.2, -0.15) is 5.10 Å². The van der Waals surface area contributed by atoms with Crippen LogP contribution in [-0.2, 0) is 13.6 Å². The molecule has 0 amide bonds. The zero-order chi connectivity index (χ0) is 17.2. The van der Waals surface area contributed by atoms with Crippen LogP contribution < -0.4 is 5.44 Å². The molecular formula is C17H18ClN2O3P. The Bertz CT molecular complexity index is 885. The molecule has 0 aliphatic rings. The van der Waals surface area contributed by atoms with Gasteiger partial charge in [-0.1, -0.05) is 29.8 Å². The van der Waals surface area contributed by atoms with Gasteiger partial charge < -0.3 is 9.05 Å². The smallest absolute Gasteiger partial charge is 0.304 e. The predicted octanol–water partition coefficient (Wildman–Crippen LogP) is 4.57. The van der Waals surface area contributed by atoms with Gasteiger partial charge >= 0.3 is 7.60 Å². The van der Waals surface area contributed by atoms with Gasteiger partial charge in [0.25, 0.3) is 0 Å². The summed E-state index contributed by atoms with van der Waals surface area (Å²) in [6, 6.07) is 14.8. The molecule has 0 atom stereocenters. The molecule has 1 aromatic heterocycles. The molecular weight excluding hydrogens is 347 g/mol. The summed E-state index contributed by atoms with van der Waals surface area (Å²) < 4.78 is 26.2. The lowest BCUT2D eigenvalue weighted by Gasteiger charge is -2.18. The molecule has 24 heavy (non-hydrogen) atoms. The van der Waals surface area contributed by atoms with Crippen LogP contribution in [0.4, 0.5) is 0 Å². The van der Waals surface area contributed by atoms with Crippen LogP contribution in [0.2, 0.25) is 5.02 Å². The van der Waals surface area contributed by atoms with Crippen molar-refractivity contribution in [3.05, 3.63) is 53.6 Å². The van der Waals surface area contributed by atoms with E-state index in [9.17, 15) is 4.57 Å². The van der Waals surface area contributed by atoms with E-state index in [4.69, 9.17) is 20.6 Å². The van der Waals surface area contributed by atoms with Gasteiger partial charge in [0.2, 0.25) is 0 Å². The number of para-hydroxylation sites is 1. The molecule has 0 radical (unpaired) electrons. The van der Waals surface area contributed by atoms with Gasteiger partial charge in [0.1, 0.15) is 0 Å². The Labute approximate surface area is 145 Å². The zero-order valence-corrected chi connectivity index (χ0v) is 15.1. The first-order valence-corrected chi connectivity index (χ1v) is 9.64. The largest absolute Gasteiger partial charge is 0.380 e. The minimum absolute atomic E-state index is 0.263. The van der Waals surface area contributed by atoms with E-state index < -0.39 is 7.60 Å². The van der Waals surface area contributed by atoms with Crippen LogP contribution in [0.25, 0.3) is 16.6 Å². The second-order valence-electron chi connectivity index (χ2n) is 5.07. The number of hydrogen-bond donors (Lipinski definition) is 0. The van der Waals surface area contributed by atoms with E-state index in [2.05, 4.69) is 5.10 Å². The van der Waals surface area contributed by atoms with Crippen LogP contribution >= 0.6 is 19.2 Å². The molecule has 0 spiro atoms.